The number of methoxy groups -OCH3 is 1. The van der Waals surface area contributed by atoms with Crippen molar-refractivity contribution in [3.8, 4) is 0 Å². The SMILES string of the molecule is COC(=O)c1cccc(CN2CCN(S(C)(=O)=O)CC2)c1. The van der Waals surface area contributed by atoms with Gasteiger partial charge in [0.25, 0.3) is 0 Å². The highest BCUT2D eigenvalue weighted by molar-refractivity contribution is 7.88. The van der Waals surface area contributed by atoms with Gasteiger partial charge in [-0.2, -0.15) is 4.31 Å². The number of rotatable bonds is 4. The molecule has 0 radical (unpaired) electrons. The number of piperazine rings is 1. The predicted octanol–water partition coefficient (Wildman–Crippen LogP) is 0.550. The summed E-state index contributed by atoms with van der Waals surface area (Å²) in [5.74, 6) is -0.348. The fraction of sp³-hybridized carbons (Fsp3) is 0.500. The van der Waals surface area contributed by atoms with E-state index in [1.54, 1.807) is 6.07 Å². The van der Waals surface area contributed by atoms with E-state index < -0.39 is 10.0 Å². The van der Waals surface area contributed by atoms with Crippen LogP contribution in [0.15, 0.2) is 24.3 Å². The van der Waals surface area contributed by atoms with Crippen LogP contribution in [0.25, 0.3) is 0 Å². The van der Waals surface area contributed by atoms with Crippen LogP contribution < -0.4 is 0 Å². The summed E-state index contributed by atoms with van der Waals surface area (Å²) in [6.07, 6.45) is 1.24. The summed E-state index contributed by atoms with van der Waals surface area (Å²) in [7, 11) is -1.74. The third kappa shape index (κ3) is 4.26. The van der Waals surface area contributed by atoms with Crippen LogP contribution in [-0.4, -0.2) is 63.1 Å². The highest BCUT2D eigenvalue weighted by Crippen LogP contribution is 2.12. The molecule has 1 saturated heterocycles. The average Bonchev–Trinajstić information content (AvgIpc) is 2.46. The van der Waals surface area contributed by atoms with E-state index in [0.29, 0.717) is 38.3 Å². The number of esters is 1. The van der Waals surface area contributed by atoms with Crippen LogP contribution in [0.2, 0.25) is 0 Å². The molecule has 0 unspecified atom stereocenters. The molecular formula is C14H20N2O4S. The van der Waals surface area contributed by atoms with Gasteiger partial charge in [-0.3, -0.25) is 4.90 Å². The summed E-state index contributed by atoms with van der Waals surface area (Å²) in [5.41, 5.74) is 1.55. The van der Waals surface area contributed by atoms with Gasteiger partial charge in [0.2, 0.25) is 10.0 Å². The first-order chi connectivity index (χ1) is 9.90. The normalized spacial score (nSPS) is 17.6. The van der Waals surface area contributed by atoms with E-state index >= 15 is 0 Å². The van der Waals surface area contributed by atoms with E-state index in [2.05, 4.69) is 4.90 Å². The number of nitrogens with zero attached hydrogens (tertiary/aromatic N) is 2. The Balaban J connectivity index is 1.96. The lowest BCUT2D eigenvalue weighted by atomic mass is 10.1. The maximum Gasteiger partial charge on any atom is 0.337 e. The molecule has 7 heteroatoms. The number of sulfonamides is 1. The molecule has 2 rings (SSSR count). The van der Waals surface area contributed by atoms with Gasteiger partial charge in [0, 0.05) is 32.7 Å². The van der Waals surface area contributed by atoms with Gasteiger partial charge in [-0.1, -0.05) is 12.1 Å². The monoisotopic (exact) mass is 312 g/mol. The maximum absolute atomic E-state index is 11.5. The molecular weight excluding hydrogens is 292 g/mol. The quantitative estimate of drug-likeness (QED) is 0.760. The summed E-state index contributed by atoms with van der Waals surface area (Å²) in [4.78, 5) is 13.7. The zero-order chi connectivity index (χ0) is 15.5. The third-order valence-corrected chi connectivity index (χ3v) is 4.86. The molecule has 0 bridgehead atoms. The van der Waals surface area contributed by atoms with Gasteiger partial charge in [-0.15, -0.1) is 0 Å². The summed E-state index contributed by atoms with van der Waals surface area (Å²) >= 11 is 0. The molecule has 0 atom stereocenters. The van der Waals surface area contributed by atoms with Crippen molar-refractivity contribution < 1.29 is 17.9 Å². The molecule has 1 fully saturated rings. The summed E-state index contributed by atoms with van der Waals surface area (Å²) < 4.78 is 29.1. The van der Waals surface area contributed by atoms with Crippen molar-refractivity contribution in [3.05, 3.63) is 35.4 Å². The van der Waals surface area contributed by atoms with E-state index in [1.807, 2.05) is 18.2 Å². The van der Waals surface area contributed by atoms with Crippen molar-refractivity contribution in [2.75, 3.05) is 39.5 Å². The summed E-state index contributed by atoms with van der Waals surface area (Å²) in [6.45, 7) is 3.10. The van der Waals surface area contributed by atoms with E-state index in [4.69, 9.17) is 4.74 Å². The molecule has 0 spiro atoms. The van der Waals surface area contributed by atoms with Gasteiger partial charge in [0.05, 0.1) is 18.9 Å². The van der Waals surface area contributed by atoms with Crippen molar-refractivity contribution in [2.45, 2.75) is 6.54 Å². The fourth-order valence-corrected chi connectivity index (χ4v) is 3.22. The Bertz CT molecular complexity index is 607. The minimum atomic E-state index is -3.10. The van der Waals surface area contributed by atoms with Crippen molar-refractivity contribution in [3.63, 3.8) is 0 Å². The standard InChI is InChI=1S/C14H20N2O4S/c1-20-14(17)13-5-3-4-12(10-13)11-15-6-8-16(9-7-15)21(2,18)19/h3-5,10H,6-9,11H2,1-2H3. The molecule has 1 heterocycles. The molecule has 6 nitrogen and oxygen atoms in total. The van der Waals surface area contributed by atoms with E-state index in [9.17, 15) is 13.2 Å². The Morgan fingerprint density at radius 2 is 1.90 bits per heavy atom. The molecule has 0 aliphatic carbocycles. The zero-order valence-electron chi connectivity index (χ0n) is 12.3. The topological polar surface area (TPSA) is 66.9 Å². The number of benzene rings is 1. The number of ether oxygens (including phenoxy) is 1. The first-order valence-electron chi connectivity index (χ1n) is 6.75. The van der Waals surface area contributed by atoms with Crippen molar-refractivity contribution in [1.82, 2.24) is 9.21 Å². The first-order valence-corrected chi connectivity index (χ1v) is 8.60. The van der Waals surface area contributed by atoms with Crippen molar-refractivity contribution >= 4 is 16.0 Å². The second kappa shape index (κ2) is 6.55. The number of hydrogen-bond acceptors (Lipinski definition) is 5. The maximum atomic E-state index is 11.5. The first kappa shape index (κ1) is 15.9. The lowest BCUT2D eigenvalue weighted by Gasteiger charge is -2.33. The highest BCUT2D eigenvalue weighted by Gasteiger charge is 2.23. The van der Waals surface area contributed by atoms with Gasteiger partial charge in [0.1, 0.15) is 0 Å². The number of carbonyl (C=O) groups excluding carboxylic acids is 1. The highest BCUT2D eigenvalue weighted by atomic mass is 32.2. The van der Waals surface area contributed by atoms with Gasteiger partial charge in [0.15, 0.2) is 0 Å². The molecule has 0 saturated carbocycles. The minimum Gasteiger partial charge on any atom is -0.465 e. The predicted molar refractivity (Wildman–Crippen MR) is 79.5 cm³/mol. The third-order valence-electron chi connectivity index (χ3n) is 3.55. The number of hydrogen-bond donors (Lipinski definition) is 0. The second-order valence-corrected chi connectivity index (χ2v) is 7.11. The fourth-order valence-electron chi connectivity index (χ4n) is 2.39. The van der Waals surface area contributed by atoms with Gasteiger partial charge >= 0.3 is 5.97 Å². The second-order valence-electron chi connectivity index (χ2n) is 5.13. The average molecular weight is 312 g/mol. The summed E-state index contributed by atoms with van der Waals surface area (Å²) in [5, 5.41) is 0. The largest absolute Gasteiger partial charge is 0.465 e. The molecule has 0 aromatic heterocycles. The Labute approximate surface area is 125 Å². The lowest BCUT2D eigenvalue weighted by molar-refractivity contribution is 0.0600. The molecule has 21 heavy (non-hydrogen) atoms. The molecule has 0 amide bonds. The summed E-state index contributed by atoms with van der Waals surface area (Å²) in [6, 6.07) is 7.31. The molecule has 1 aliphatic heterocycles. The van der Waals surface area contributed by atoms with Crippen LogP contribution in [-0.2, 0) is 21.3 Å². The van der Waals surface area contributed by atoms with Crippen LogP contribution in [0, 0.1) is 0 Å². The van der Waals surface area contributed by atoms with Crippen LogP contribution in [0.4, 0.5) is 0 Å². The van der Waals surface area contributed by atoms with E-state index in [1.165, 1.54) is 17.7 Å². The molecule has 1 aromatic rings. The Kier molecular flexibility index (Phi) is 4.97. The van der Waals surface area contributed by atoms with Gasteiger partial charge in [-0.05, 0) is 17.7 Å². The Morgan fingerprint density at radius 3 is 2.48 bits per heavy atom. The van der Waals surface area contributed by atoms with Crippen LogP contribution in [0.3, 0.4) is 0 Å². The van der Waals surface area contributed by atoms with E-state index in [-0.39, 0.29) is 5.97 Å². The molecule has 1 aromatic carbocycles. The lowest BCUT2D eigenvalue weighted by Crippen LogP contribution is -2.47. The Morgan fingerprint density at radius 1 is 1.24 bits per heavy atom. The Hall–Kier alpha value is -1.44. The molecule has 116 valence electrons. The molecule has 0 N–H and O–H groups in total. The number of carbonyl (C=O) groups is 1. The van der Waals surface area contributed by atoms with E-state index in [0.717, 1.165) is 5.56 Å². The molecule has 1 aliphatic rings. The minimum absolute atomic E-state index is 0.348. The van der Waals surface area contributed by atoms with Gasteiger partial charge in [-0.25, -0.2) is 13.2 Å². The van der Waals surface area contributed by atoms with Crippen molar-refractivity contribution in [1.29, 1.82) is 0 Å². The van der Waals surface area contributed by atoms with Crippen LogP contribution >= 0.6 is 0 Å². The smallest absolute Gasteiger partial charge is 0.337 e. The van der Waals surface area contributed by atoms with Crippen LogP contribution in [0.1, 0.15) is 15.9 Å². The zero-order valence-corrected chi connectivity index (χ0v) is 13.1. The van der Waals surface area contributed by atoms with Crippen molar-refractivity contribution in [2.24, 2.45) is 0 Å². The van der Waals surface area contributed by atoms with Crippen LogP contribution in [0.5, 0.6) is 0 Å². The van der Waals surface area contributed by atoms with Gasteiger partial charge < -0.3 is 4.74 Å².